The highest BCUT2D eigenvalue weighted by Gasteiger charge is 2.10. The minimum absolute atomic E-state index is 0.289. The maximum Gasteiger partial charge on any atom is 0.274 e. The molecule has 0 radical (unpaired) electrons. The van der Waals surface area contributed by atoms with Crippen molar-refractivity contribution in [2.24, 2.45) is 5.92 Å². The van der Waals surface area contributed by atoms with E-state index >= 15 is 0 Å². The minimum Gasteiger partial charge on any atom is -0.497 e. The molecule has 0 aliphatic rings. The number of ether oxygens (including phenoxy) is 1. The molecular formula is C16H20N4O2. The van der Waals surface area contributed by atoms with E-state index in [1.54, 1.807) is 25.3 Å². The summed E-state index contributed by atoms with van der Waals surface area (Å²) < 4.78 is 5.13. The molecule has 6 nitrogen and oxygen atoms in total. The van der Waals surface area contributed by atoms with Crippen LogP contribution < -0.4 is 15.4 Å². The first kappa shape index (κ1) is 15.8. The van der Waals surface area contributed by atoms with Crippen LogP contribution in [0.15, 0.2) is 36.7 Å². The summed E-state index contributed by atoms with van der Waals surface area (Å²) >= 11 is 0. The SMILES string of the molecule is COc1cccc(NC(=O)c2cc(NCC(C)C)ncn2)c1. The Morgan fingerprint density at radius 2 is 2.09 bits per heavy atom. The van der Waals surface area contributed by atoms with Gasteiger partial charge in [0.05, 0.1) is 7.11 Å². The number of nitrogens with one attached hydrogen (secondary N) is 2. The number of hydrogen-bond acceptors (Lipinski definition) is 5. The minimum atomic E-state index is -0.289. The summed E-state index contributed by atoms with van der Waals surface area (Å²) in [5.41, 5.74) is 0.962. The van der Waals surface area contributed by atoms with E-state index in [-0.39, 0.29) is 5.91 Å². The Morgan fingerprint density at radius 3 is 2.82 bits per heavy atom. The highest BCUT2D eigenvalue weighted by Crippen LogP contribution is 2.17. The maximum absolute atomic E-state index is 12.2. The second-order valence-electron chi connectivity index (χ2n) is 5.25. The zero-order valence-corrected chi connectivity index (χ0v) is 13.0. The predicted octanol–water partition coefficient (Wildman–Crippen LogP) is 2.81. The fourth-order valence-corrected chi connectivity index (χ4v) is 1.78. The first-order valence-electron chi connectivity index (χ1n) is 7.10. The summed E-state index contributed by atoms with van der Waals surface area (Å²) in [6.45, 7) is 4.99. The second kappa shape index (κ2) is 7.40. The molecule has 6 heteroatoms. The molecule has 1 aromatic heterocycles. The van der Waals surface area contributed by atoms with Gasteiger partial charge < -0.3 is 15.4 Å². The molecule has 0 saturated carbocycles. The molecule has 0 spiro atoms. The summed E-state index contributed by atoms with van der Waals surface area (Å²) in [6.07, 6.45) is 1.38. The summed E-state index contributed by atoms with van der Waals surface area (Å²) in [5, 5.41) is 5.96. The Labute approximate surface area is 129 Å². The largest absolute Gasteiger partial charge is 0.497 e. The van der Waals surface area contributed by atoms with Gasteiger partial charge in [-0.3, -0.25) is 4.79 Å². The molecule has 0 bridgehead atoms. The van der Waals surface area contributed by atoms with Crippen molar-refractivity contribution in [3.05, 3.63) is 42.4 Å². The third-order valence-corrected chi connectivity index (χ3v) is 2.92. The number of carbonyl (C=O) groups is 1. The molecule has 0 atom stereocenters. The van der Waals surface area contributed by atoms with Crippen LogP contribution in [0.25, 0.3) is 0 Å². The Hall–Kier alpha value is -2.63. The normalized spacial score (nSPS) is 10.4. The number of anilines is 2. The number of nitrogens with zero attached hydrogens (tertiary/aromatic N) is 2. The molecule has 22 heavy (non-hydrogen) atoms. The molecular weight excluding hydrogens is 280 g/mol. The monoisotopic (exact) mass is 300 g/mol. The van der Waals surface area contributed by atoms with Crippen molar-refractivity contribution in [1.29, 1.82) is 0 Å². The van der Waals surface area contributed by atoms with Crippen LogP contribution in [0.1, 0.15) is 24.3 Å². The number of hydrogen-bond donors (Lipinski definition) is 2. The van der Waals surface area contributed by atoms with Gasteiger partial charge in [-0.05, 0) is 18.1 Å². The van der Waals surface area contributed by atoms with Gasteiger partial charge in [0.25, 0.3) is 5.91 Å². The molecule has 1 amide bonds. The third-order valence-electron chi connectivity index (χ3n) is 2.92. The average molecular weight is 300 g/mol. The van der Waals surface area contributed by atoms with E-state index in [2.05, 4.69) is 34.4 Å². The topological polar surface area (TPSA) is 76.1 Å². The predicted molar refractivity (Wildman–Crippen MR) is 86.3 cm³/mol. The van der Waals surface area contributed by atoms with Gasteiger partial charge in [-0.15, -0.1) is 0 Å². The van der Waals surface area contributed by atoms with Crippen molar-refractivity contribution in [3.63, 3.8) is 0 Å². The van der Waals surface area contributed by atoms with E-state index in [1.165, 1.54) is 6.33 Å². The lowest BCUT2D eigenvalue weighted by atomic mass is 10.2. The molecule has 0 aliphatic carbocycles. The van der Waals surface area contributed by atoms with Crippen LogP contribution in [-0.4, -0.2) is 29.5 Å². The van der Waals surface area contributed by atoms with E-state index in [0.717, 1.165) is 6.54 Å². The van der Waals surface area contributed by atoms with Crippen LogP contribution in [0.3, 0.4) is 0 Å². The molecule has 0 unspecified atom stereocenters. The van der Waals surface area contributed by atoms with Gasteiger partial charge in [-0.25, -0.2) is 9.97 Å². The molecule has 1 heterocycles. The standard InChI is InChI=1S/C16H20N4O2/c1-11(2)9-17-15-8-14(18-10-19-15)16(21)20-12-5-4-6-13(7-12)22-3/h4-8,10-11H,9H2,1-3H3,(H,20,21)(H,17,18,19). The fraction of sp³-hybridized carbons (Fsp3) is 0.312. The van der Waals surface area contributed by atoms with Gasteiger partial charge in [-0.2, -0.15) is 0 Å². The zero-order valence-electron chi connectivity index (χ0n) is 13.0. The van der Waals surface area contributed by atoms with Gasteiger partial charge >= 0.3 is 0 Å². The van der Waals surface area contributed by atoms with E-state index in [4.69, 9.17) is 4.74 Å². The summed E-state index contributed by atoms with van der Waals surface area (Å²) in [6, 6.07) is 8.80. The summed E-state index contributed by atoms with van der Waals surface area (Å²) in [7, 11) is 1.58. The molecule has 2 aromatic rings. The van der Waals surface area contributed by atoms with Crippen molar-refractivity contribution < 1.29 is 9.53 Å². The average Bonchev–Trinajstić information content (AvgIpc) is 2.53. The van der Waals surface area contributed by atoms with E-state index in [0.29, 0.717) is 28.9 Å². The zero-order chi connectivity index (χ0) is 15.9. The van der Waals surface area contributed by atoms with Crippen LogP contribution in [-0.2, 0) is 0 Å². The molecule has 116 valence electrons. The van der Waals surface area contributed by atoms with Crippen LogP contribution >= 0.6 is 0 Å². The Bertz CT molecular complexity index is 644. The van der Waals surface area contributed by atoms with Crippen molar-refractivity contribution in [3.8, 4) is 5.75 Å². The lowest BCUT2D eigenvalue weighted by molar-refractivity contribution is 0.102. The first-order chi connectivity index (χ1) is 10.6. The molecule has 0 fully saturated rings. The number of rotatable bonds is 6. The molecule has 2 N–H and O–H groups in total. The number of methoxy groups -OCH3 is 1. The molecule has 0 aliphatic heterocycles. The van der Waals surface area contributed by atoms with Gasteiger partial charge in [0.1, 0.15) is 23.6 Å². The van der Waals surface area contributed by atoms with Crippen molar-refractivity contribution in [1.82, 2.24) is 9.97 Å². The lowest BCUT2D eigenvalue weighted by Gasteiger charge is -2.09. The second-order valence-corrected chi connectivity index (χ2v) is 5.25. The van der Waals surface area contributed by atoms with Crippen molar-refractivity contribution >= 4 is 17.4 Å². The van der Waals surface area contributed by atoms with Gasteiger partial charge in [0.15, 0.2) is 0 Å². The highest BCUT2D eigenvalue weighted by atomic mass is 16.5. The lowest BCUT2D eigenvalue weighted by Crippen LogP contribution is -2.15. The quantitative estimate of drug-likeness (QED) is 0.858. The van der Waals surface area contributed by atoms with Crippen LogP contribution in [0.5, 0.6) is 5.75 Å². The molecule has 1 aromatic carbocycles. The van der Waals surface area contributed by atoms with E-state index in [1.807, 2.05) is 12.1 Å². The van der Waals surface area contributed by atoms with Gasteiger partial charge in [0.2, 0.25) is 0 Å². The van der Waals surface area contributed by atoms with Crippen molar-refractivity contribution in [2.75, 3.05) is 24.3 Å². The Kier molecular flexibility index (Phi) is 5.30. The number of benzene rings is 1. The molecule has 2 rings (SSSR count). The van der Waals surface area contributed by atoms with Crippen LogP contribution in [0.2, 0.25) is 0 Å². The maximum atomic E-state index is 12.2. The fourth-order valence-electron chi connectivity index (χ4n) is 1.78. The Balaban J connectivity index is 2.07. The number of amides is 1. The van der Waals surface area contributed by atoms with E-state index < -0.39 is 0 Å². The van der Waals surface area contributed by atoms with E-state index in [9.17, 15) is 4.79 Å². The third kappa shape index (κ3) is 4.44. The summed E-state index contributed by atoms with van der Waals surface area (Å²) in [4.78, 5) is 20.4. The van der Waals surface area contributed by atoms with Crippen molar-refractivity contribution in [2.45, 2.75) is 13.8 Å². The highest BCUT2D eigenvalue weighted by molar-refractivity contribution is 6.03. The number of carbonyl (C=O) groups excluding carboxylic acids is 1. The van der Waals surface area contributed by atoms with Gasteiger partial charge in [0, 0.05) is 24.4 Å². The summed E-state index contributed by atoms with van der Waals surface area (Å²) in [5.74, 6) is 1.52. The van der Waals surface area contributed by atoms with Crippen LogP contribution in [0.4, 0.5) is 11.5 Å². The smallest absolute Gasteiger partial charge is 0.274 e. The molecule has 0 saturated heterocycles. The number of aromatic nitrogens is 2. The Morgan fingerprint density at radius 1 is 1.27 bits per heavy atom. The first-order valence-corrected chi connectivity index (χ1v) is 7.10. The van der Waals surface area contributed by atoms with Gasteiger partial charge in [-0.1, -0.05) is 19.9 Å². The van der Waals surface area contributed by atoms with Crippen LogP contribution in [0, 0.1) is 5.92 Å².